The standard InChI is InChI=1S/C29H29F2N7O4S/c1-17-16-42-12-11-38(17)26-14-25(29(9-10-29)43(40,41)21-7-8-22(30)23(31)13-21)35-27(36-26)19-3-5-20(6-4-19)33-28(39)34-24-15-32-37-18(24)2/h3-8,13-15,17H,9-12,16H2,1-2H3,(H,32,37)(H2,33,34,39)/t17-/m0/s1. The fourth-order valence-electron chi connectivity index (χ4n) is 5.13. The van der Waals surface area contributed by atoms with E-state index in [4.69, 9.17) is 14.7 Å². The second-order valence-corrected chi connectivity index (χ2v) is 12.9. The molecule has 2 amide bonds. The number of hydrogen-bond acceptors (Lipinski definition) is 8. The van der Waals surface area contributed by atoms with Crippen LogP contribution in [0.4, 0.5) is 30.8 Å². The number of aromatic nitrogens is 4. The Hall–Kier alpha value is -4.43. The monoisotopic (exact) mass is 609 g/mol. The van der Waals surface area contributed by atoms with Crippen molar-refractivity contribution in [3.63, 3.8) is 0 Å². The third kappa shape index (κ3) is 5.43. The lowest BCUT2D eigenvalue weighted by Gasteiger charge is -2.34. The van der Waals surface area contributed by atoms with Gasteiger partial charge in [0.25, 0.3) is 0 Å². The molecule has 2 fully saturated rings. The number of morpholine rings is 1. The van der Waals surface area contributed by atoms with Crippen LogP contribution < -0.4 is 15.5 Å². The van der Waals surface area contributed by atoms with Gasteiger partial charge in [0.05, 0.1) is 41.2 Å². The first-order chi connectivity index (χ1) is 20.6. The largest absolute Gasteiger partial charge is 0.377 e. The SMILES string of the molecule is Cc1n[nH]cc1NC(=O)Nc1ccc(-c2nc(N3CCOC[C@@H]3C)cc(C3(S(=O)(=O)c4ccc(F)c(F)c4)CC3)n2)cc1. The summed E-state index contributed by atoms with van der Waals surface area (Å²) >= 11 is 0. The molecule has 6 rings (SSSR count). The summed E-state index contributed by atoms with van der Waals surface area (Å²) in [6.45, 7) is 5.26. The van der Waals surface area contributed by atoms with E-state index in [2.05, 4.69) is 20.8 Å². The number of aromatic amines is 1. The molecule has 0 bridgehead atoms. The molecule has 224 valence electrons. The number of H-pyrrole nitrogens is 1. The van der Waals surface area contributed by atoms with Crippen LogP contribution in [0.1, 0.15) is 31.2 Å². The number of halogens is 2. The smallest absolute Gasteiger partial charge is 0.323 e. The van der Waals surface area contributed by atoms with Crippen LogP contribution in [0.2, 0.25) is 0 Å². The van der Waals surface area contributed by atoms with Gasteiger partial charge in [-0.2, -0.15) is 5.10 Å². The Bertz CT molecular complexity index is 1790. The summed E-state index contributed by atoms with van der Waals surface area (Å²) in [5, 5.41) is 12.1. The Morgan fingerprint density at radius 3 is 2.49 bits per heavy atom. The number of nitrogens with one attached hydrogen (secondary N) is 3. The average molecular weight is 610 g/mol. The lowest BCUT2D eigenvalue weighted by molar-refractivity contribution is 0.0985. The van der Waals surface area contributed by atoms with Gasteiger partial charge in [-0.25, -0.2) is 32.0 Å². The van der Waals surface area contributed by atoms with Crippen molar-refractivity contribution < 1.29 is 26.7 Å². The van der Waals surface area contributed by atoms with Crippen LogP contribution in [0.15, 0.2) is 59.6 Å². The van der Waals surface area contributed by atoms with Gasteiger partial charge >= 0.3 is 6.03 Å². The number of benzene rings is 2. The summed E-state index contributed by atoms with van der Waals surface area (Å²) in [7, 11) is -4.13. The molecule has 3 N–H and O–H groups in total. The van der Waals surface area contributed by atoms with E-state index in [1.807, 2.05) is 11.8 Å². The fraction of sp³-hybridized carbons (Fsp3) is 0.310. The number of carbonyl (C=O) groups is 1. The summed E-state index contributed by atoms with van der Waals surface area (Å²) in [5.41, 5.74) is 2.60. The maximum atomic E-state index is 14.1. The summed E-state index contributed by atoms with van der Waals surface area (Å²) in [5.74, 6) is -1.52. The number of anilines is 3. The second kappa shape index (κ2) is 11.0. The highest BCUT2D eigenvalue weighted by atomic mass is 32.2. The van der Waals surface area contributed by atoms with Crippen molar-refractivity contribution in [1.29, 1.82) is 0 Å². The molecule has 2 aromatic heterocycles. The number of sulfone groups is 1. The summed E-state index contributed by atoms with van der Waals surface area (Å²) in [6.07, 6.45) is 2.13. The van der Waals surface area contributed by atoms with Crippen molar-refractivity contribution in [2.45, 2.75) is 42.4 Å². The van der Waals surface area contributed by atoms with E-state index in [0.717, 1.165) is 12.1 Å². The normalized spacial score (nSPS) is 17.9. The van der Waals surface area contributed by atoms with Gasteiger partial charge in [0.15, 0.2) is 27.3 Å². The van der Waals surface area contributed by atoms with Gasteiger partial charge in [-0.15, -0.1) is 0 Å². The quantitative estimate of drug-likeness (QED) is 0.254. The molecule has 1 atom stereocenters. The van der Waals surface area contributed by atoms with E-state index >= 15 is 0 Å². The summed E-state index contributed by atoms with van der Waals surface area (Å²) in [6, 6.07) is 10.7. The molecule has 1 saturated heterocycles. The van der Waals surface area contributed by atoms with Crippen molar-refractivity contribution in [2.24, 2.45) is 0 Å². The zero-order chi connectivity index (χ0) is 30.4. The van der Waals surface area contributed by atoms with Crippen molar-refractivity contribution in [3.05, 3.63) is 77.8 Å². The molecule has 43 heavy (non-hydrogen) atoms. The van der Waals surface area contributed by atoms with E-state index in [1.54, 1.807) is 43.5 Å². The van der Waals surface area contributed by atoms with Gasteiger partial charge < -0.3 is 20.3 Å². The minimum absolute atomic E-state index is 0.0220. The Morgan fingerprint density at radius 2 is 1.84 bits per heavy atom. The van der Waals surface area contributed by atoms with Gasteiger partial charge in [-0.3, -0.25) is 5.10 Å². The highest BCUT2D eigenvalue weighted by Gasteiger charge is 2.58. The van der Waals surface area contributed by atoms with E-state index < -0.39 is 32.2 Å². The fourth-order valence-corrected chi connectivity index (χ4v) is 7.11. The maximum Gasteiger partial charge on any atom is 0.323 e. The molecule has 1 saturated carbocycles. The number of carbonyl (C=O) groups excluding carboxylic acids is 1. The molecular weight excluding hydrogens is 580 g/mol. The minimum atomic E-state index is -4.13. The lowest BCUT2D eigenvalue weighted by Crippen LogP contribution is -2.44. The second-order valence-electron chi connectivity index (χ2n) is 10.7. The number of rotatable bonds is 7. The zero-order valence-corrected chi connectivity index (χ0v) is 24.2. The molecular formula is C29H29F2N7O4S. The van der Waals surface area contributed by atoms with Gasteiger partial charge in [-0.1, -0.05) is 0 Å². The van der Waals surface area contributed by atoms with Crippen LogP contribution in [0.5, 0.6) is 0 Å². The van der Waals surface area contributed by atoms with Gasteiger partial charge in [0, 0.05) is 30.1 Å². The van der Waals surface area contributed by atoms with E-state index in [1.165, 1.54) is 0 Å². The Labute approximate surface area is 246 Å². The number of urea groups is 1. The molecule has 4 aromatic rings. The van der Waals surface area contributed by atoms with Crippen LogP contribution >= 0.6 is 0 Å². The zero-order valence-electron chi connectivity index (χ0n) is 23.4. The molecule has 1 aliphatic heterocycles. The highest BCUT2D eigenvalue weighted by Crippen LogP contribution is 2.55. The minimum Gasteiger partial charge on any atom is -0.377 e. The Kier molecular flexibility index (Phi) is 7.34. The molecule has 1 aliphatic carbocycles. The molecule has 0 radical (unpaired) electrons. The first-order valence-corrected chi connectivity index (χ1v) is 15.2. The van der Waals surface area contributed by atoms with Gasteiger partial charge in [0.1, 0.15) is 10.6 Å². The first kappa shape index (κ1) is 28.7. The predicted molar refractivity (Wildman–Crippen MR) is 156 cm³/mol. The van der Waals surface area contributed by atoms with Crippen LogP contribution in [-0.2, 0) is 19.3 Å². The van der Waals surface area contributed by atoms with Gasteiger partial charge in [0.2, 0.25) is 0 Å². The topological polar surface area (TPSA) is 142 Å². The van der Waals surface area contributed by atoms with Crippen molar-refractivity contribution in [1.82, 2.24) is 20.2 Å². The number of aryl methyl sites for hydroxylation is 1. The molecule has 2 aromatic carbocycles. The van der Waals surface area contributed by atoms with Crippen LogP contribution in [0.3, 0.4) is 0 Å². The van der Waals surface area contributed by atoms with Gasteiger partial charge in [-0.05, 0) is 69.2 Å². The third-order valence-electron chi connectivity index (χ3n) is 7.74. The van der Waals surface area contributed by atoms with Crippen LogP contribution in [-0.4, -0.2) is 60.4 Å². The van der Waals surface area contributed by atoms with Crippen LogP contribution in [0.25, 0.3) is 11.4 Å². The molecule has 3 heterocycles. The Balaban J connectivity index is 1.35. The maximum absolute atomic E-state index is 14.1. The first-order valence-electron chi connectivity index (χ1n) is 13.7. The molecule has 11 nitrogen and oxygen atoms in total. The summed E-state index contributed by atoms with van der Waals surface area (Å²) in [4.78, 5) is 23.7. The number of nitrogens with zero attached hydrogens (tertiary/aromatic N) is 4. The highest BCUT2D eigenvalue weighted by molar-refractivity contribution is 7.92. The molecule has 14 heteroatoms. The number of amides is 2. The van der Waals surface area contributed by atoms with Crippen LogP contribution in [0, 0.1) is 18.6 Å². The van der Waals surface area contributed by atoms with Crippen molar-refractivity contribution in [3.8, 4) is 11.4 Å². The number of ether oxygens (including phenoxy) is 1. The van der Waals surface area contributed by atoms with E-state index in [0.29, 0.717) is 60.1 Å². The third-order valence-corrected chi connectivity index (χ3v) is 10.3. The molecule has 2 aliphatic rings. The van der Waals surface area contributed by atoms with E-state index in [-0.39, 0.29) is 29.5 Å². The van der Waals surface area contributed by atoms with Crippen molar-refractivity contribution in [2.75, 3.05) is 35.3 Å². The predicted octanol–water partition coefficient (Wildman–Crippen LogP) is 4.79. The van der Waals surface area contributed by atoms with E-state index in [9.17, 15) is 22.0 Å². The molecule has 0 unspecified atom stereocenters. The molecule has 0 spiro atoms. The summed E-state index contributed by atoms with van der Waals surface area (Å²) < 4.78 is 59.5. The Morgan fingerprint density at radius 1 is 1.07 bits per heavy atom. The number of hydrogen-bond donors (Lipinski definition) is 3. The lowest BCUT2D eigenvalue weighted by atomic mass is 10.1. The van der Waals surface area contributed by atoms with Crippen molar-refractivity contribution >= 4 is 33.1 Å². The average Bonchev–Trinajstić information content (AvgIpc) is 3.73.